The average molecular weight is 339 g/mol. The van der Waals surface area contributed by atoms with Crippen LogP contribution in [0.1, 0.15) is 6.23 Å². The van der Waals surface area contributed by atoms with Gasteiger partial charge in [-0.1, -0.05) is 6.82 Å². The molecule has 2 aromatic rings. The van der Waals surface area contributed by atoms with Crippen molar-refractivity contribution in [2.75, 3.05) is 12.3 Å². The van der Waals surface area contributed by atoms with E-state index in [0.717, 1.165) is 0 Å². The molecule has 0 aliphatic carbocycles. The molecule has 2 unspecified atom stereocenters. The summed E-state index contributed by atoms with van der Waals surface area (Å²) in [6.45, 7) is 2.06. The molecule has 5 atom stereocenters. The maximum atomic E-state index is 12.3. The number of hydrogen-bond donors (Lipinski definition) is 2. The van der Waals surface area contributed by atoms with Crippen LogP contribution in [0.2, 0.25) is 6.82 Å². The highest BCUT2D eigenvalue weighted by Gasteiger charge is 2.52. The van der Waals surface area contributed by atoms with Crippen LogP contribution in [-0.2, 0) is 18.3 Å². The zero-order valence-corrected chi connectivity index (χ0v) is 13.2. The standard InChI is InChI=1S/C11H15BN5O5P/c1-12-23(19)20-2-5-8(22-23)7(18)11(21-5)17-4-16-6-9(13)14-3-15-10(6)17/h3-5,7-8,11-12,18H,2H2,1H3,(H2,13,14,15)/t5-,7?,8-,11-,23?/m1/s1. The van der Waals surface area contributed by atoms with E-state index in [1.807, 2.05) is 0 Å². The van der Waals surface area contributed by atoms with Gasteiger partial charge < -0.3 is 24.6 Å². The topological polar surface area (TPSA) is 135 Å². The van der Waals surface area contributed by atoms with Gasteiger partial charge in [0.25, 0.3) is 14.5 Å². The molecule has 2 aliphatic heterocycles. The summed E-state index contributed by atoms with van der Waals surface area (Å²) in [5.74, 6) is 0.244. The first-order valence-electron chi connectivity index (χ1n) is 7.21. The number of anilines is 1. The van der Waals surface area contributed by atoms with Crippen molar-refractivity contribution in [3.05, 3.63) is 12.7 Å². The van der Waals surface area contributed by atoms with Crippen molar-refractivity contribution in [3.63, 3.8) is 0 Å². The van der Waals surface area contributed by atoms with Crippen LogP contribution in [0, 0.1) is 0 Å². The van der Waals surface area contributed by atoms with Gasteiger partial charge in [0.2, 0.25) is 0 Å². The van der Waals surface area contributed by atoms with Crippen LogP contribution in [0.25, 0.3) is 11.2 Å². The third-order valence-electron chi connectivity index (χ3n) is 4.08. The number of fused-ring (bicyclic) bond motifs is 2. The van der Waals surface area contributed by atoms with Gasteiger partial charge >= 0.3 is 0 Å². The third-order valence-corrected chi connectivity index (χ3v) is 5.96. The van der Waals surface area contributed by atoms with Gasteiger partial charge in [-0.05, 0) is 0 Å². The second-order valence-electron chi connectivity index (χ2n) is 5.43. The van der Waals surface area contributed by atoms with E-state index < -0.39 is 32.0 Å². The van der Waals surface area contributed by atoms with Crippen molar-refractivity contribution in [1.82, 2.24) is 19.5 Å². The van der Waals surface area contributed by atoms with E-state index in [0.29, 0.717) is 11.2 Å². The Balaban J connectivity index is 1.68. The van der Waals surface area contributed by atoms with Crippen molar-refractivity contribution in [3.8, 4) is 0 Å². The summed E-state index contributed by atoms with van der Waals surface area (Å²) in [5.41, 5.74) is 6.63. The molecule has 2 fully saturated rings. The molecule has 2 aliphatic rings. The second-order valence-corrected chi connectivity index (χ2v) is 7.75. The molecule has 2 aromatic heterocycles. The van der Waals surface area contributed by atoms with Crippen molar-refractivity contribution in [1.29, 1.82) is 0 Å². The lowest BCUT2D eigenvalue weighted by Gasteiger charge is -2.31. The first-order valence-corrected chi connectivity index (χ1v) is 8.94. The Bertz CT molecular complexity index is 802. The Morgan fingerprint density at radius 3 is 3.09 bits per heavy atom. The molecule has 0 amide bonds. The number of nitrogen functional groups attached to an aromatic ring is 1. The zero-order chi connectivity index (χ0) is 16.2. The highest BCUT2D eigenvalue weighted by molar-refractivity contribution is 7.83. The van der Waals surface area contributed by atoms with E-state index in [4.69, 9.17) is 19.5 Å². The molecule has 23 heavy (non-hydrogen) atoms. The van der Waals surface area contributed by atoms with E-state index in [-0.39, 0.29) is 19.4 Å². The largest absolute Gasteiger partial charge is 0.386 e. The zero-order valence-electron chi connectivity index (χ0n) is 12.3. The Morgan fingerprint density at radius 2 is 2.30 bits per heavy atom. The van der Waals surface area contributed by atoms with E-state index >= 15 is 0 Å². The molecule has 0 aromatic carbocycles. The van der Waals surface area contributed by atoms with Crippen LogP contribution < -0.4 is 5.73 Å². The SMILES string of the molecule is CBP1(=O)OC[C@H]2O[C@@H](n3cnc4c(N)ncnc43)C(O)[C@@H]2O1. The van der Waals surface area contributed by atoms with Gasteiger partial charge in [-0.3, -0.25) is 9.13 Å². The molecule has 10 nitrogen and oxygen atoms in total. The summed E-state index contributed by atoms with van der Waals surface area (Å²) >= 11 is 0. The Morgan fingerprint density at radius 1 is 1.48 bits per heavy atom. The number of nitrogens with zero attached hydrogens (tertiary/aromatic N) is 4. The molecule has 12 heteroatoms. The summed E-state index contributed by atoms with van der Waals surface area (Å²) in [5, 5.41) is 10.6. The summed E-state index contributed by atoms with van der Waals surface area (Å²) in [6.07, 6.45) is -0.263. The number of rotatable bonds is 2. The molecule has 3 N–H and O–H groups in total. The van der Waals surface area contributed by atoms with Crippen LogP contribution in [0.5, 0.6) is 0 Å². The van der Waals surface area contributed by atoms with Gasteiger partial charge in [0.15, 0.2) is 17.7 Å². The number of aliphatic hydroxyl groups is 1. The number of ether oxygens (including phenoxy) is 1. The Labute approximate surface area is 131 Å². The maximum Gasteiger partial charge on any atom is 0.275 e. The molecule has 0 radical (unpaired) electrons. The maximum absolute atomic E-state index is 12.3. The fraction of sp³-hybridized carbons (Fsp3) is 0.545. The highest BCUT2D eigenvalue weighted by atomic mass is 31.2. The van der Waals surface area contributed by atoms with Gasteiger partial charge in [0.05, 0.1) is 12.9 Å². The van der Waals surface area contributed by atoms with Crippen LogP contribution in [-0.4, -0.2) is 56.5 Å². The van der Waals surface area contributed by atoms with E-state index in [9.17, 15) is 9.67 Å². The fourth-order valence-corrected chi connectivity index (χ4v) is 4.24. The monoisotopic (exact) mass is 339 g/mol. The fourth-order valence-electron chi connectivity index (χ4n) is 2.84. The number of hydrogen-bond acceptors (Lipinski definition) is 9. The first-order chi connectivity index (χ1) is 11.0. The lowest BCUT2D eigenvalue weighted by molar-refractivity contribution is -0.0565. The lowest BCUT2D eigenvalue weighted by atomic mass is 10.1. The van der Waals surface area contributed by atoms with E-state index in [2.05, 4.69) is 15.0 Å². The van der Waals surface area contributed by atoms with Crippen molar-refractivity contribution in [2.24, 2.45) is 0 Å². The smallest absolute Gasteiger partial charge is 0.275 e. The predicted octanol–water partition coefficient (Wildman–Crippen LogP) is -0.325. The van der Waals surface area contributed by atoms with Gasteiger partial charge in [-0.2, -0.15) is 0 Å². The Hall–Kier alpha value is -1.52. The van der Waals surface area contributed by atoms with Crippen molar-refractivity contribution in [2.45, 2.75) is 31.4 Å². The quantitative estimate of drug-likeness (QED) is 0.557. The number of aromatic nitrogens is 4. The molecule has 0 bridgehead atoms. The van der Waals surface area contributed by atoms with Crippen LogP contribution >= 0.6 is 7.47 Å². The average Bonchev–Trinajstić information content (AvgIpc) is 3.10. The van der Waals surface area contributed by atoms with E-state index in [1.165, 1.54) is 12.7 Å². The molecule has 122 valence electrons. The number of nitrogens with two attached hydrogens (primary N) is 1. The summed E-state index contributed by atoms with van der Waals surface area (Å²) in [7, 11) is -3.17. The van der Waals surface area contributed by atoms with E-state index in [1.54, 1.807) is 11.4 Å². The van der Waals surface area contributed by atoms with Crippen molar-refractivity contribution >= 4 is 31.5 Å². The second kappa shape index (κ2) is 5.25. The minimum absolute atomic E-state index is 0.104. The molecular formula is C11H15BN5O5P. The minimum atomic E-state index is -3.17. The number of aliphatic hydroxyl groups excluding tert-OH is 1. The molecule has 4 rings (SSSR count). The third kappa shape index (κ3) is 2.27. The highest BCUT2D eigenvalue weighted by Crippen LogP contribution is 2.54. The minimum Gasteiger partial charge on any atom is -0.386 e. The van der Waals surface area contributed by atoms with Crippen LogP contribution in [0.4, 0.5) is 5.82 Å². The lowest BCUT2D eigenvalue weighted by Crippen LogP contribution is -2.39. The van der Waals surface area contributed by atoms with Gasteiger partial charge in [-0.15, -0.1) is 0 Å². The van der Waals surface area contributed by atoms with Crippen LogP contribution in [0.15, 0.2) is 12.7 Å². The molecular weight excluding hydrogens is 324 g/mol. The number of imidazole rings is 1. The van der Waals surface area contributed by atoms with Crippen LogP contribution in [0.3, 0.4) is 0 Å². The molecule has 0 saturated carbocycles. The van der Waals surface area contributed by atoms with Gasteiger partial charge in [0.1, 0.15) is 30.2 Å². The summed E-state index contributed by atoms with van der Waals surface area (Å²) in [6, 6.07) is 0. The molecule has 2 saturated heterocycles. The van der Waals surface area contributed by atoms with Gasteiger partial charge in [-0.25, -0.2) is 15.0 Å². The Kier molecular flexibility index (Phi) is 3.43. The summed E-state index contributed by atoms with van der Waals surface area (Å²) in [4.78, 5) is 12.2. The summed E-state index contributed by atoms with van der Waals surface area (Å²) < 4.78 is 30.4. The molecule has 0 spiro atoms. The first kappa shape index (κ1) is 15.0. The van der Waals surface area contributed by atoms with Crippen molar-refractivity contribution < 1.29 is 23.5 Å². The molecule has 4 heterocycles. The van der Waals surface area contributed by atoms with Gasteiger partial charge in [0, 0.05) is 0 Å². The predicted molar refractivity (Wildman–Crippen MR) is 81.1 cm³/mol. The normalized spacial score (nSPS) is 37.0.